The summed E-state index contributed by atoms with van der Waals surface area (Å²) in [5, 5.41) is 13.5. The van der Waals surface area contributed by atoms with Gasteiger partial charge >= 0.3 is 0 Å². The number of hydrogen-bond donors (Lipinski definition) is 0. The fourth-order valence-corrected chi connectivity index (χ4v) is 8.26. The number of nitrogens with zero attached hydrogens (tertiary/aromatic N) is 5. The number of rotatable bonds is 5. The smallest absolute Gasteiger partial charge is 0.270 e. The molecule has 2 aliphatic rings. The molecule has 0 saturated carbocycles. The van der Waals surface area contributed by atoms with Crippen molar-refractivity contribution < 1.29 is 18.1 Å². The first-order valence-corrected chi connectivity index (χ1v) is 14.1. The molecule has 34 heavy (non-hydrogen) atoms. The third kappa shape index (κ3) is 4.28. The number of thiazole rings is 1. The fourth-order valence-electron chi connectivity index (χ4n) is 4.44. The summed E-state index contributed by atoms with van der Waals surface area (Å²) >= 11 is 2.57. The minimum Gasteiger partial charge on any atom is -0.345 e. The van der Waals surface area contributed by atoms with E-state index in [1.54, 1.807) is 28.5 Å². The van der Waals surface area contributed by atoms with Crippen LogP contribution in [-0.4, -0.2) is 72.2 Å². The maximum Gasteiger partial charge on any atom is 0.270 e. The largest absolute Gasteiger partial charge is 0.345 e. The van der Waals surface area contributed by atoms with E-state index in [9.17, 15) is 23.3 Å². The number of anilines is 1. The SMILES string of the molecule is O=C(C1CCCCN1S(=O)(=O)c1cccs1)N1CCN(c2nc3ccc([N+](=O)[O-])cc3s2)CC1. The highest BCUT2D eigenvalue weighted by Gasteiger charge is 2.40. The number of piperazine rings is 1. The van der Waals surface area contributed by atoms with Crippen LogP contribution in [0.25, 0.3) is 10.2 Å². The highest BCUT2D eigenvalue weighted by molar-refractivity contribution is 7.91. The Morgan fingerprint density at radius 2 is 1.91 bits per heavy atom. The number of piperidine rings is 1. The van der Waals surface area contributed by atoms with E-state index >= 15 is 0 Å². The number of amides is 1. The molecular weight excluding hydrogens is 498 g/mol. The molecule has 0 N–H and O–H groups in total. The molecule has 1 aromatic carbocycles. The van der Waals surface area contributed by atoms with Crippen LogP contribution in [0.4, 0.5) is 10.8 Å². The highest BCUT2D eigenvalue weighted by Crippen LogP contribution is 2.33. The number of carbonyl (C=O) groups excluding carboxylic acids is 1. The standard InChI is InChI=1S/C21H23N5O5S3/c27-20(17-4-1-2-8-25(17)34(30,31)19-5-3-13-32-19)23-9-11-24(12-10-23)21-22-16-7-6-15(26(28)29)14-18(16)33-21/h3,5-7,13-14,17H,1-2,4,8-12H2. The predicted octanol–water partition coefficient (Wildman–Crippen LogP) is 3.16. The van der Waals surface area contributed by atoms with Gasteiger partial charge in [-0.2, -0.15) is 4.31 Å². The van der Waals surface area contributed by atoms with Crippen LogP contribution in [0.3, 0.4) is 0 Å². The first-order valence-electron chi connectivity index (χ1n) is 11.0. The van der Waals surface area contributed by atoms with Gasteiger partial charge in [0.1, 0.15) is 10.3 Å². The molecule has 0 radical (unpaired) electrons. The van der Waals surface area contributed by atoms with Gasteiger partial charge in [0.05, 0.1) is 15.1 Å². The van der Waals surface area contributed by atoms with Gasteiger partial charge in [0.15, 0.2) is 5.13 Å². The van der Waals surface area contributed by atoms with Crippen molar-refractivity contribution in [3.63, 3.8) is 0 Å². The van der Waals surface area contributed by atoms with Gasteiger partial charge in [-0.05, 0) is 30.4 Å². The number of fused-ring (bicyclic) bond motifs is 1. The Kier molecular flexibility index (Phi) is 6.27. The van der Waals surface area contributed by atoms with Gasteiger partial charge in [0, 0.05) is 44.9 Å². The molecular formula is C21H23N5O5S3. The average molecular weight is 522 g/mol. The Hall–Kier alpha value is -2.61. The van der Waals surface area contributed by atoms with E-state index in [1.165, 1.54) is 39.1 Å². The van der Waals surface area contributed by atoms with Gasteiger partial charge in [-0.1, -0.05) is 23.8 Å². The molecule has 2 aliphatic heterocycles. The molecule has 0 spiro atoms. The summed E-state index contributed by atoms with van der Waals surface area (Å²) in [6.45, 7) is 2.43. The predicted molar refractivity (Wildman–Crippen MR) is 131 cm³/mol. The van der Waals surface area contributed by atoms with Crippen molar-refractivity contribution in [3.8, 4) is 0 Å². The van der Waals surface area contributed by atoms with Gasteiger partial charge in [-0.15, -0.1) is 11.3 Å². The summed E-state index contributed by atoms with van der Waals surface area (Å²) in [5.41, 5.74) is 0.744. The zero-order valence-corrected chi connectivity index (χ0v) is 20.6. The van der Waals surface area contributed by atoms with Crippen molar-refractivity contribution in [2.24, 2.45) is 0 Å². The van der Waals surface area contributed by atoms with Crippen LogP contribution in [0.15, 0.2) is 39.9 Å². The van der Waals surface area contributed by atoms with Crippen molar-refractivity contribution in [1.82, 2.24) is 14.2 Å². The van der Waals surface area contributed by atoms with Crippen LogP contribution >= 0.6 is 22.7 Å². The summed E-state index contributed by atoms with van der Waals surface area (Å²) in [6, 6.07) is 7.25. The van der Waals surface area contributed by atoms with Crippen molar-refractivity contribution >= 4 is 59.6 Å². The summed E-state index contributed by atoms with van der Waals surface area (Å²) in [6.07, 6.45) is 2.10. The van der Waals surface area contributed by atoms with Crippen LogP contribution in [0.2, 0.25) is 0 Å². The van der Waals surface area contributed by atoms with Gasteiger partial charge in [0.25, 0.3) is 15.7 Å². The molecule has 5 rings (SSSR count). The zero-order chi connectivity index (χ0) is 23.9. The molecule has 1 unspecified atom stereocenters. The van der Waals surface area contributed by atoms with Crippen molar-refractivity contribution in [2.45, 2.75) is 29.5 Å². The summed E-state index contributed by atoms with van der Waals surface area (Å²) in [5.74, 6) is -0.139. The highest BCUT2D eigenvalue weighted by atomic mass is 32.2. The second-order valence-electron chi connectivity index (χ2n) is 8.28. The quantitative estimate of drug-likeness (QED) is 0.374. The second kappa shape index (κ2) is 9.21. The van der Waals surface area contributed by atoms with E-state index in [1.807, 2.05) is 0 Å². The van der Waals surface area contributed by atoms with Gasteiger partial charge < -0.3 is 9.80 Å². The van der Waals surface area contributed by atoms with E-state index in [2.05, 4.69) is 9.88 Å². The second-order valence-corrected chi connectivity index (χ2v) is 12.4. The third-order valence-corrected chi connectivity index (χ3v) is 10.6. The number of benzene rings is 1. The lowest BCUT2D eigenvalue weighted by atomic mass is 10.0. The van der Waals surface area contributed by atoms with E-state index in [0.717, 1.165) is 22.7 Å². The molecule has 180 valence electrons. The topological polar surface area (TPSA) is 117 Å². The lowest BCUT2D eigenvalue weighted by Crippen LogP contribution is -2.57. The van der Waals surface area contributed by atoms with E-state index in [4.69, 9.17) is 0 Å². The molecule has 4 heterocycles. The number of thiophene rings is 1. The fraction of sp³-hybridized carbons (Fsp3) is 0.429. The van der Waals surface area contributed by atoms with Gasteiger partial charge in [-0.3, -0.25) is 14.9 Å². The Morgan fingerprint density at radius 1 is 1.12 bits per heavy atom. The number of hydrogen-bond acceptors (Lipinski definition) is 9. The Morgan fingerprint density at radius 3 is 2.62 bits per heavy atom. The maximum absolute atomic E-state index is 13.4. The molecule has 10 nitrogen and oxygen atoms in total. The molecule has 2 saturated heterocycles. The Bertz CT molecular complexity index is 1320. The number of carbonyl (C=O) groups is 1. The summed E-state index contributed by atoms with van der Waals surface area (Å²) in [7, 11) is -3.69. The minimum absolute atomic E-state index is 0.0349. The molecule has 3 aromatic rings. The van der Waals surface area contributed by atoms with Crippen molar-refractivity contribution in [2.75, 3.05) is 37.6 Å². The number of sulfonamides is 1. The zero-order valence-electron chi connectivity index (χ0n) is 18.2. The summed E-state index contributed by atoms with van der Waals surface area (Å²) < 4.78 is 28.7. The van der Waals surface area contributed by atoms with E-state index in [0.29, 0.717) is 44.7 Å². The average Bonchev–Trinajstić information content (AvgIpc) is 3.54. The lowest BCUT2D eigenvalue weighted by molar-refractivity contribution is -0.384. The van der Waals surface area contributed by atoms with Crippen LogP contribution in [0, 0.1) is 10.1 Å². The number of non-ortho nitro benzene ring substituents is 1. The lowest BCUT2D eigenvalue weighted by Gasteiger charge is -2.40. The first-order chi connectivity index (χ1) is 16.3. The summed E-state index contributed by atoms with van der Waals surface area (Å²) in [4.78, 5) is 32.4. The maximum atomic E-state index is 13.4. The first kappa shape index (κ1) is 23.1. The van der Waals surface area contributed by atoms with Crippen LogP contribution in [-0.2, 0) is 14.8 Å². The van der Waals surface area contributed by atoms with Crippen LogP contribution in [0.1, 0.15) is 19.3 Å². The molecule has 1 amide bonds. The molecule has 13 heteroatoms. The third-order valence-electron chi connectivity index (χ3n) is 6.23. The monoisotopic (exact) mass is 521 g/mol. The number of nitro benzene ring substituents is 1. The minimum atomic E-state index is -3.69. The molecule has 1 atom stereocenters. The molecule has 2 aromatic heterocycles. The number of nitro groups is 1. The normalized spacial score (nSPS) is 20.1. The van der Waals surface area contributed by atoms with Crippen molar-refractivity contribution in [3.05, 3.63) is 45.8 Å². The molecule has 2 fully saturated rings. The Balaban J connectivity index is 1.28. The van der Waals surface area contributed by atoms with E-state index in [-0.39, 0.29) is 15.8 Å². The van der Waals surface area contributed by atoms with Crippen LogP contribution < -0.4 is 4.90 Å². The van der Waals surface area contributed by atoms with Crippen LogP contribution in [0.5, 0.6) is 0 Å². The Labute approximate surface area is 204 Å². The molecule has 0 bridgehead atoms. The van der Waals surface area contributed by atoms with Gasteiger partial charge in [0.2, 0.25) is 5.91 Å². The number of aromatic nitrogens is 1. The van der Waals surface area contributed by atoms with Gasteiger partial charge in [-0.25, -0.2) is 13.4 Å². The van der Waals surface area contributed by atoms with E-state index < -0.39 is 21.0 Å². The van der Waals surface area contributed by atoms with Crippen molar-refractivity contribution in [1.29, 1.82) is 0 Å². The molecule has 0 aliphatic carbocycles.